The predicted molar refractivity (Wildman–Crippen MR) is 116 cm³/mol. The molecule has 1 N–H and O–H groups in total. The van der Waals surface area contributed by atoms with Gasteiger partial charge in [-0.25, -0.2) is 8.42 Å². The summed E-state index contributed by atoms with van der Waals surface area (Å²) in [7, 11) is -3.77. The zero-order chi connectivity index (χ0) is 20.9. The van der Waals surface area contributed by atoms with Gasteiger partial charge in [-0.1, -0.05) is 40.9 Å². The molecule has 2 aliphatic rings. The number of rotatable bonds is 7. The zero-order valence-electron chi connectivity index (χ0n) is 16.4. The van der Waals surface area contributed by atoms with E-state index in [4.69, 9.17) is 23.2 Å². The third-order valence-electron chi connectivity index (χ3n) is 5.37. The van der Waals surface area contributed by atoms with Crippen molar-refractivity contribution in [3.63, 3.8) is 0 Å². The third kappa shape index (κ3) is 5.95. The van der Waals surface area contributed by atoms with Crippen molar-refractivity contribution >= 4 is 39.1 Å². The molecule has 0 spiro atoms. The van der Waals surface area contributed by atoms with Gasteiger partial charge in [0.2, 0.25) is 15.9 Å². The molecular weight excluding hydrogens is 433 g/mol. The molecule has 0 saturated carbocycles. The Morgan fingerprint density at radius 1 is 1.07 bits per heavy atom. The molecule has 29 heavy (non-hydrogen) atoms. The summed E-state index contributed by atoms with van der Waals surface area (Å²) in [5.41, 5.74) is 1.44. The molecule has 1 heterocycles. The lowest BCUT2D eigenvalue weighted by atomic mass is 9.97. The van der Waals surface area contributed by atoms with Crippen LogP contribution in [-0.4, -0.2) is 62.8 Å². The number of nitrogens with zero attached hydrogens (tertiary/aromatic N) is 2. The van der Waals surface area contributed by atoms with Crippen molar-refractivity contribution in [2.24, 2.45) is 0 Å². The summed E-state index contributed by atoms with van der Waals surface area (Å²) < 4.78 is 27.2. The van der Waals surface area contributed by atoms with Crippen LogP contribution in [0.15, 0.2) is 34.7 Å². The molecule has 9 heteroatoms. The van der Waals surface area contributed by atoms with Gasteiger partial charge in [-0.15, -0.1) is 0 Å². The van der Waals surface area contributed by atoms with Gasteiger partial charge < -0.3 is 5.32 Å². The van der Waals surface area contributed by atoms with Gasteiger partial charge in [0.05, 0.1) is 16.6 Å². The fourth-order valence-electron chi connectivity index (χ4n) is 3.74. The van der Waals surface area contributed by atoms with Crippen LogP contribution in [0.2, 0.25) is 10.0 Å². The number of carbonyl (C=O) groups excluding carboxylic acids is 1. The van der Waals surface area contributed by atoms with Gasteiger partial charge in [-0.3, -0.25) is 9.69 Å². The summed E-state index contributed by atoms with van der Waals surface area (Å²) in [6.07, 6.45) is 8.00. The smallest absolute Gasteiger partial charge is 0.246 e. The topological polar surface area (TPSA) is 69.7 Å². The van der Waals surface area contributed by atoms with Gasteiger partial charge in [0.25, 0.3) is 0 Å². The van der Waals surface area contributed by atoms with Crippen LogP contribution >= 0.6 is 23.2 Å². The Bertz CT molecular complexity index is 845. The maximum absolute atomic E-state index is 12.9. The maximum atomic E-state index is 12.9. The van der Waals surface area contributed by atoms with Crippen LogP contribution in [0.3, 0.4) is 0 Å². The Labute approximate surface area is 182 Å². The Morgan fingerprint density at radius 2 is 1.76 bits per heavy atom. The van der Waals surface area contributed by atoms with Gasteiger partial charge in [0.15, 0.2) is 0 Å². The molecule has 0 aromatic heterocycles. The lowest BCUT2D eigenvalue weighted by molar-refractivity contribution is -0.122. The number of carbonyl (C=O) groups is 1. The van der Waals surface area contributed by atoms with Crippen molar-refractivity contribution in [1.82, 2.24) is 14.5 Å². The van der Waals surface area contributed by atoms with Crippen LogP contribution in [0.1, 0.15) is 32.1 Å². The number of allylic oxidation sites excluding steroid dienone is 1. The highest BCUT2D eigenvalue weighted by atomic mass is 35.5. The molecule has 0 atom stereocenters. The van der Waals surface area contributed by atoms with Crippen molar-refractivity contribution in [3.05, 3.63) is 39.9 Å². The molecule has 0 radical (unpaired) electrons. The zero-order valence-corrected chi connectivity index (χ0v) is 18.7. The average Bonchev–Trinajstić information content (AvgIpc) is 2.69. The van der Waals surface area contributed by atoms with E-state index < -0.39 is 10.0 Å². The van der Waals surface area contributed by atoms with Crippen LogP contribution in [0.25, 0.3) is 0 Å². The Hall–Kier alpha value is -1.12. The number of amides is 1. The van der Waals surface area contributed by atoms with Crippen LogP contribution in [-0.2, 0) is 14.8 Å². The first-order valence-corrected chi connectivity index (χ1v) is 12.2. The monoisotopic (exact) mass is 459 g/mol. The second-order valence-electron chi connectivity index (χ2n) is 7.44. The first-order chi connectivity index (χ1) is 13.9. The standard InChI is InChI=1S/C20H27Cl2N3O3S/c21-17-7-4-8-18(22)20(17)29(27,28)25-13-11-24(12-14-25)15-19(26)23-10-9-16-5-2-1-3-6-16/h4-5,7-8H,1-3,6,9-15H2,(H,23,26). The van der Waals surface area contributed by atoms with E-state index in [0.717, 1.165) is 19.3 Å². The number of sulfonamides is 1. The molecule has 160 valence electrons. The molecule has 0 unspecified atom stereocenters. The SMILES string of the molecule is O=C(CN1CCN(S(=O)(=O)c2c(Cl)cccc2Cl)CC1)NCCC1=CCCCC1. The summed E-state index contributed by atoms with van der Waals surface area (Å²) in [5, 5.41) is 3.21. The molecule has 0 bridgehead atoms. The minimum atomic E-state index is -3.77. The average molecular weight is 460 g/mol. The lowest BCUT2D eigenvalue weighted by Gasteiger charge is -2.33. The summed E-state index contributed by atoms with van der Waals surface area (Å²) in [5.74, 6) is -0.0214. The van der Waals surface area contributed by atoms with Crippen molar-refractivity contribution in [3.8, 4) is 0 Å². The van der Waals surface area contributed by atoms with E-state index in [2.05, 4.69) is 11.4 Å². The lowest BCUT2D eigenvalue weighted by Crippen LogP contribution is -2.51. The number of hydrogen-bond acceptors (Lipinski definition) is 4. The highest BCUT2D eigenvalue weighted by Crippen LogP contribution is 2.31. The minimum absolute atomic E-state index is 0.0214. The second-order valence-corrected chi connectivity index (χ2v) is 10.1. The minimum Gasteiger partial charge on any atom is -0.355 e. The largest absolute Gasteiger partial charge is 0.355 e. The molecule has 1 aromatic rings. The van der Waals surface area contributed by atoms with E-state index in [1.165, 1.54) is 34.9 Å². The molecule has 1 amide bonds. The molecule has 6 nitrogen and oxygen atoms in total. The molecule has 1 aliphatic carbocycles. The van der Waals surface area contributed by atoms with Crippen molar-refractivity contribution in [2.45, 2.75) is 37.0 Å². The van der Waals surface area contributed by atoms with Crippen molar-refractivity contribution in [2.75, 3.05) is 39.3 Å². The summed E-state index contributed by atoms with van der Waals surface area (Å²) in [4.78, 5) is 14.1. The highest BCUT2D eigenvalue weighted by Gasteiger charge is 2.32. The molecule has 1 fully saturated rings. The molecule has 1 aliphatic heterocycles. The third-order valence-corrected chi connectivity index (χ3v) is 8.22. The molecular formula is C20H27Cl2N3O3S. The Kier molecular flexibility index (Phi) is 7.99. The van der Waals surface area contributed by atoms with Crippen LogP contribution in [0.5, 0.6) is 0 Å². The van der Waals surface area contributed by atoms with Gasteiger partial charge in [-0.05, 0) is 44.2 Å². The van der Waals surface area contributed by atoms with E-state index in [0.29, 0.717) is 32.7 Å². The van der Waals surface area contributed by atoms with E-state index in [1.54, 1.807) is 6.07 Å². The summed E-state index contributed by atoms with van der Waals surface area (Å²) in [6.45, 7) is 2.50. The number of nitrogens with one attached hydrogen (secondary N) is 1. The highest BCUT2D eigenvalue weighted by molar-refractivity contribution is 7.89. The Balaban J connectivity index is 1.46. The van der Waals surface area contributed by atoms with Gasteiger partial charge in [-0.2, -0.15) is 4.31 Å². The first kappa shape index (κ1) is 22.6. The van der Waals surface area contributed by atoms with E-state index >= 15 is 0 Å². The van der Waals surface area contributed by atoms with Gasteiger partial charge in [0.1, 0.15) is 4.90 Å². The molecule has 1 saturated heterocycles. The fourth-order valence-corrected chi connectivity index (χ4v) is 6.25. The summed E-state index contributed by atoms with van der Waals surface area (Å²) >= 11 is 12.2. The van der Waals surface area contributed by atoms with Crippen LogP contribution in [0, 0.1) is 0 Å². The fraction of sp³-hybridized carbons (Fsp3) is 0.550. The summed E-state index contributed by atoms with van der Waals surface area (Å²) in [6, 6.07) is 4.65. The van der Waals surface area contributed by atoms with E-state index in [-0.39, 0.29) is 27.4 Å². The second kappa shape index (κ2) is 10.3. The Morgan fingerprint density at radius 3 is 2.38 bits per heavy atom. The number of piperazine rings is 1. The predicted octanol–water partition coefficient (Wildman–Crippen LogP) is 3.31. The van der Waals surface area contributed by atoms with Crippen molar-refractivity contribution < 1.29 is 13.2 Å². The maximum Gasteiger partial charge on any atom is 0.246 e. The first-order valence-electron chi connectivity index (χ1n) is 9.99. The molecule has 3 rings (SSSR count). The number of hydrogen-bond donors (Lipinski definition) is 1. The quantitative estimate of drug-likeness (QED) is 0.634. The van der Waals surface area contributed by atoms with E-state index in [1.807, 2.05) is 4.90 Å². The normalized spacial score (nSPS) is 19.0. The molecule has 1 aromatic carbocycles. The van der Waals surface area contributed by atoms with Gasteiger partial charge in [0, 0.05) is 32.7 Å². The number of halogens is 2. The van der Waals surface area contributed by atoms with Gasteiger partial charge >= 0.3 is 0 Å². The van der Waals surface area contributed by atoms with Crippen LogP contribution in [0.4, 0.5) is 0 Å². The van der Waals surface area contributed by atoms with Crippen molar-refractivity contribution in [1.29, 1.82) is 0 Å². The number of benzene rings is 1. The van der Waals surface area contributed by atoms with Crippen LogP contribution < -0.4 is 5.32 Å². The van der Waals surface area contributed by atoms with E-state index in [9.17, 15) is 13.2 Å².